The Balaban J connectivity index is 1.60. The highest BCUT2D eigenvalue weighted by atomic mass is 16.5. The first-order valence-electron chi connectivity index (χ1n) is 6.90. The van der Waals surface area contributed by atoms with Gasteiger partial charge in [0.2, 0.25) is 5.91 Å². The zero-order chi connectivity index (χ0) is 12.1. The molecular weight excluding hydrogens is 216 g/mol. The Bertz CT molecular complexity index is 244. The molecule has 17 heavy (non-hydrogen) atoms. The summed E-state index contributed by atoms with van der Waals surface area (Å²) in [6.45, 7) is 0.868. The Labute approximate surface area is 103 Å². The minimum absolute atomic E-state index is 0.181. The van der Waals surface area contributed by atoms with E-state index in [0.29, 0.717) is 24.6 Å². The number of nitrogens with one attached hydrogen (secondary N) is 1. The molecule has 1 unspecified atom stereocenters. The van der Waals surface area contributed by atoms with Crippen molar-refractivity contribution in [3.63, 3.8) is 0 Å². The molecule has 4 heteroatoms. The molecule has 1 saturated heterocycles. The maximum Gasteiger partial charge on any atom is 0.220 e. The van der Waals surface area contributed by atoms with E-state index in [9.17, 15) is 4.79 Å². The highest BCUT2D eigenvalue weighted by Crippen LogP contribution is 2.19. The van der Waals surface area contributed by atoms with Crippen molar-refractivity contribution in [2.45, 2.75) is 69.6 Å². The zero-order valence-electron chi connectivity index (χ0n) is 10.5. The molecular formula is C13H24N2O2. The summed E-state index contributed by atoms with van der Waals surface area (Å²) in [4.78, 5) is 11.8. The minimum Gasteiger partial charge on any atom is -0.378 e. The van der Waals surface area contributed by atoms with Crippen LogP contribution in [0.1, 0.15) is 51.4 Å². The topological polar surface area (TPSA) is 64.3 Å². The molecule has 1 amide bonds. The number of hydrogen-bond acceptors (Lipinski definition) is 3. The van der Waals surface area contributed by atoms with Crippen molar-refractivity contribution < 1.29 is 9.53 Å². The van der Waals surface area contributed by atoms with Crippen LogP contribution in [0.3, 0.4) is 0 Å². The van der Waals surface area contributed by atoms with Crippen molar-refractivity contribution >= 4 is 5.91 Å². The molecule has 0 bridgehead atoms. The molecule has 1 saturated carbocycles. The van der Waals surface area contributed by atoms with Gasteiger partial charge in [0.15, 0.2) is 0 Å². The predicted octanol–water partition coefficient (Wildman–Crippen LogP) is 1.33. The van der Waals surface area contributed by atoms with Crippen LogP contribution >= 0.6 is 0 Å². The van der Waals surface area contributed by atoms with Gasteiger partial charge in [0.1, 0.15) is 0 Å². The van der Waals surface area contributed by atoms with E-state index in [1.807, 2.05) is 0 Å². The third kappa shape index (κ3) is 4.28. The number of carbonyl (C=O) groups excluding carboxylic acids is 1. The second-order valence-corrected chi connectivity index (χ2v) is 5.35. The van der Waals surface area contributed by atoms with Crippen LogP contribution in [0, 0.1) is 0 Å². The van der Waals surface area contributed by atoms with Gasteiger partial charge < -0.3 is 15.8 Å². The van der Waals surface area contributed by atoms with Gasteiger partial charge in [0, 0.05) is 25.1 Å². The summed E-state index contributed by atoms with van der Waals surface area (Å²) in [5, 5.41) is 3.11. The van der Waals surface area contributed by atoms with Crippen molar-refractivity contribution in [3.05, 3.63) is 0 Å². The molecule has 0 aromatic rings. The Morgan fingerprint density at radius 2 is 2.00 bits per heavy atom. The van der Waals surface area contributed by atoms with Crippen molar-refractivity contribution in [1.29, 1.82) is 0 Å². The number of hydrogen-bond donors (Lipinski definition) is 2. The van der Waals surface area contributed by atoms with Gasteiger partial charge in [-0.3, -0.25) is 4.79 Å². The van der Waals surface area contributed by atoms with Gasteiger partial charge in [0.05, 0.1) is 6.10 Å². The molecule has 1 aliphatic carbocycles. The van der Waals surface area contributed by atoms with Crippen LogP contribution in [0.15, 0.2) is 0 Å². The Kier molecular flexibility index (Phi) is 4.80. The quantitative estimate of drug-likeness (QED) is 0.779. The number of ether oxygens (including phenoxy) is 1. The van der Waals surface area contributed by atoms with Crippen molar-refractivity contribution in [1.82, 2.24) is 5.32 Å². The van der Waals surface area contributed by atoms with Gasteiger partial charge in [-0.2, -0.15) is 0 Å². The van der Waals surface area contributed by atoms with E-state index < -0.39 is 0 Å². The standard InChI is InChI=1S/C13H24N2O2/c14-10-3-5-11(6-4-10)15-13(16)8-7-12-2-1-9-17-12/h10-12H,1-9,14H2,(H,15,16). The third-order valence-electron chi connectivity index (χ3n) is 3.85. The molecule has 1 heterocycles. The zero-order valence-corrected chi connectivity index (χ0v) is 10.5. The maximum absolute atomic E-state index is 11.8. The maximum atomic E-state index is 11.8. The lowest BCUT2D eigenvalue weighted by molar-refractivity contribution is -0.122. The monoisotopic (exact) mass is 240 g/mol. The molecule has 0 aromatic heterocycles. The molecule has 0 spiro atoms. The fraction of sp³-hybridized carbons (Fsp3) is 0.923. The van der Waals surface area contributed by atoms with E-state index in [4.69, 9.17) is 10.5 Å². The molecule has 0 radical (unpaired) electrons. The molecule has 4 nitrogen and oxygen atoms in total. The summed E-state index contributed by atoms with van der Waals surface area (Å²) in [5.74, 6) is 0.181. The van der Waals surface area contributed by atoms with Gasteiger partial charge in [-0.1, -0.05) is 0 Å². The first-order chi connectivity index (χ1) is 8.24. The van der Waals surface area contributed by atoms with E-state index >= 15 is 0 Å². The van der Waals surface area contributed by atoms with Gasteiger partial charge in [0.25, 0.3) is 0 Å². The molecule has 0 aromatic carbocycles. The third-order valence-corrected chi connectivity index (χ3v) is 3.85. The molecule has 1 atom stereocenters. The summed E-state index contributed by atoms with van der Waals surface area (Å²) >= 11 is 0. The van der Waals surface area contributed by atoms with Crippen molar-refractivity contribution in [2.24, 2.45) is 5.73 Å². The number of amides is 1. The Hall–Kier alpha value is -0.610. The Morgan fingerprint density at radius 1 is 1.24 bits per heavy atom. The molecule has 3 N–H and O–H groups in total. The van der Waals surface area contributed by atoms with E-state index in [-0.39, 0.29) is 5.91 Å². The number of rotatable bonds is 4. The molecule has 2 fully saturated rings. The lowest BCUT2D eigenvalue weighted by atomic mass is 9.92. The first kappa shape index (κ1) is 12.8. The average molecular weight is 240 g/mol. The van der Waals surface area contributed by atoms with Crippen molar-refractivity contribution in [3.8, 4) is 0 Å². The van der Waals surface area contributed by atoms with Gasteiger partial charge in [-0.05, 0) is 44.9 Å². The largest absolute Gasteiger partial charge is 0.378 e. The molecule has 1 aliphatic heterocycles. The number of carbonyl (C=O) groups is 1. The van der Waals surface area contributed by atoms with Crippen LogP contribution in [0.25, 0.3) is 0 Å². The normalized spacial score (nSPS) is 33.6. The van der Waals surface area contributed by atoms with E-state index in [1.165, 1.54) is 0 Å². The van der Waals surface area contributed by atoms with E-state index in [2.05, 4.69) is 5.32 Å². The van der Waals surface area contributed by atoms with Crippen LogP contribution in [0.2, 0.25) is 0 Å². The smallest absolute Gasteiger partial charge is 0.220 e. The first-order valence-corrected chi connectivity index (χ1v) is 6.90. The summed E-state index contributed by atoms with van der Waals surface area (Å²) in [6.07, 6.45) is 8.21. The average Bonchev–Trinajstić information content (AvgIpc) is 2.83. The predicted molar refractivity (Wildman–Crippen MR) is 66.6 cm³/mol. The van der Waals surface area contributed by atoms with E-state index in [0.717, 1.165) is 51.6 Å². The van der Waals surface area contributed by atoms with Crippen LogP contribution in [-0.2, 0) is 9.53 Å². The summed E-state index contributed by atoms with van der Waals surface area (Å²) in [6, 6.07) is 0.696. The molecule has 98 valence electrons. The van der Waals surface area contributed by atoms with Crippen molar-refractivity contribution in [2.75, 3.05) is 6.61 Å². The highest BCUT2D eigenvalue weighted by Gasteiger charge is 2.21. The summed E-state index contributed by atoms with van der Waals surface area (Å²) in [5.41, 5.74) is 5.84. The highest BCUT2D eigenvalue weighted by molar-refractivity contribution is 5.76. The lowest BCUT2D eigenvalue weighted by Gasteiger charge is -2.26. The number of nitrogens with two attached hydrogens (primary N) is 1. The van der Waals surface area contributed by atoms with Crippen LogP contribution < -0.4 is 11.1 Å². The summed E-state index contributed by atoms with van der Waals surface area (Å²) < 4.78 is 5.51. The fourth-order valence-corrected chi connectivity index (χ4v) is 2.73. The molecule has 2 aliphatic rings. The second-order valence-electron chi connectivity index (χ2n) is 5.35. The summed E-state index contributed by atoms with van der Waals surface area (Å²) in [7, 11) is 0. The second kappa shape index (κ2) is 6.36. The van der Waals surface area contributed by atoms with Gasteiger partial charge in [-0.25, -0.2) is 0 Å². The fourth-order valence-electron chi connectivity index (χ4n) is 2.73. The molecule has 2 rings (SSSR count). The SMILES string of the molecule is NC1CCC(NC(=O)CCC2CCCO2)CC1. The van der Waals surface area contributed by atoms with Gasteiger partial charge >= 0.3 is 0 Å². The van der Waals surface area contributed by atoms with Crippen LogP contribution in [-0.4, -0.2) is 30.7 Å². The van der Waals surface area contributed by atoms with Crippen LogP contribution in [0.4, 0.5) is 0 Å². The Morgan fingerprint density at radius 3 is 2.65 bits per heavy atom. The van der Waals surface area contributed by atoms with E-state index in [1.54, 1.807) is 0 Å². The van der Waals surface area contributed by atoms with Gasteiger partial charge in [-0.15, -0.1) is 0 Å². The minimum atomic E-state index is 0.181. The lowest BCUT2D eigenvalue weighted by Crippen LogP contribution is -2.40. The van der Waals surface area contributed by atoms with Crippen LogP contribution in [0.5, 0.6) is 0 Å².